The van der Waals surface area contributed by atoms with Crippen LogP contribution < -0.4 is 16.2 Å². The lowest BCUT2D eigenvalue weighted by Gasteiger charge is -2.22. The third kappa shape index (κ3) is 4.54. The number of hydrogen-bond acceptors (Lipinski definition) is 3. The van der Waals surface area contributed by atoms with Gasteiger partial charge in [-0.25, -0.2) is 0 Å². The van der Waals surface area contributed by atoms with Gasteiger partial charge in [-0.1, -0.05) is 12.2 Å². The standard InChI is InChI=1S/C22H31N3OS2/c1-12-13(2)15(4)19(16(5)14(12)3)10-28-11-21(26)24-25-22(27)23-20-9-17-6-7-18(20)8-17/h6-7,17-18,20H,8-11H2,1-5H3,(H,24,26)(H2,23,25,27)/t17-,18-,20-/m1/s1. The Morgan fingerprint density at radius 2 is 1.64 bits per heavy atom. The highest BCUT2D eigenvalue weighted by Crippen LogP contribution is 2.38. The molecule has 152 valence electrons. The molecule has 2 aliphatic carbocycles. The predicted molar refractivity (Wildman–Crippen MR) is 122 cm³/mol. The molecule has 0 heterocycles. The van der Waals surface area contributed by atoms with E-state index in [1.165, 1.54) is 39.8 Å². The smallest absolute Gasteiger partial charge is 0.248 e. The van der Waals surface area contributed by atoms with Crippen LogP contribution in [0.25, 0.3) is 0 Å². The molecule has 0 aromatic heterocycles. The molecule has 3 atom stereocenters. The highest BCUT2D eigenvalue weighted by molar-refractivity contribution is 7.99. The Hall–Kier alpha value is -1.53. The minimum Gasteiger partial charge on any atom is -0.358 e. The Morgan fingerprint density at radius 3 is 2.21 bits per heavy atom. The molecule has 1 fully saturated rings. The van der Waals surface area contributed by atoms with Gasteiger partial charge in [0.15, 0.2) is 5.11 Å². The van der Waals surface area contributed by atoms with Crippen molar-refractivity contribution in [3.8, 4) is 0 Å². The number of fused-ring (bicyclic) bond motifs is 2. The molecule has 28 heavy (non-hydrogen) atoms. The molecule has 1 amide bonds. The van der Waals surface area contributed by atoms with Gasteiger partial charge in [0.05, 0.1) is 5.75 Å². The first kappa shape index (κ1) is 21.2. The van der Waals surface area contributed by atoms with Crippen LogP contribution in [-0.2, 0) is 10.5 Å². The lowest BCUT2D eigenvalue weighted by atomic mass is 9.90. The van der Waals surface area contributed by atoms with E-state index in [0.717, 1.165) is 12.2 Å². The Kier molecular flexibility index (Phi) is 6.71. The number of thioether (sulfide) groups is 1. The fraction of sp³-hybridized carbons (Fsp3) is 0.545. The summed E-state index contributed by atoms with van der Waals surface area (Å²) in [7, 11) is 0. The molecule has 6 heteroatoms. The van der Waals surface area contributed by atoms with E-state index in [2.05, 4.69) is 62.9 Å². The van der Waals surface area contributed by atoms with Gasteiger partial charge in [-0.2, -0.15) is 0 Å². The van der Waals surface area contributed by atoms with Crippen LogP contribution in [0.3, 0.4) is 0 Å². The first-order valence-corrected chi connectivity index (χ1v) is 11.5. The van der Waals surface area contributed by atoms with E-state index >= 15 is 0 Å². The van der Waals surface area contributed by atoms with E-state index in [4.69, 9.17) is 12.2 Å². The van der Waals surface area contributed by atoms with Crippen LogP contribution in [0, 0.1) is 46.5 Å². The number of hydrogen-bond donors (Lipinski definition) is 3. The molecular formula is C22H31N3OS2. The summed E-state index contributed by atoms with van der Waals surface area (Å²) in [5.74, 6) is 2.45. The average molecular weight is 418 g/mol. The van der Waals surface area contributed by atoms with Crippen molar-refractivity contribution in [1.29, 1.82) is 0 Å². The zero-order chi connectivity index (χ0) is 20.4. The maximum atomic E-state index is 12.2. The van der Waals surface area contributed by atoms with E-state index in [0.29, 0.717) is 28.7 Å². The van der Waals surface area contributed by atoms with Gasteiger partial charge in [0, 0.05) is 11.8 Å². The minimum absolute atomic E-state index is 0.0575. The van der Waals surface area contributed by atoms with Crippen molar-refractivity contribution < 1.29 is 4.79 Å². The quantitative estimate of drug-likeness (QED) is 0.385. The van der Waals surface area contributed by atoms with Gasteiger partial charge in [0.25, 0.3) is 0 Å². The lowest BCUT2D eigenvalue weighted by Crippen LogP contribution is -2.50. The second kappa shape index (κ2) is 8.87. The summed E-state index contributed by atoms with van der Waals surface area (Å²) < 4.78 is 0. The maximum absolute atomic E-state index is 12.2. The van der Waals surface area contributed by atoms with Crippen LogP contribution in [0.15, 0.2) is 12.2 Å². The van der Waals surface area contributed by atoms with Crippen LogP contribution in [0.5, 0.6) is 0 Å². The Morgan fingerprint density at radius 1 is 1.00 bits per heavy atom. The summed E-state index contributed by atoms with van der Waals surface area (Å²) in [6, 6.07) is 0.389. The normalized spacial score (nSPS) is 22.4. The molecule has 0 radical (unpaired) electrons. The van der Waals surface area contributed by atoms with Gasteiger partial charge in [-0.3, -0.25) is 15.6 Å². The number of rotatable bonds is 5. The molecule has 1 aromatic rings. The van der Waals surface area contributed by atoms with Crippen molar-refractivity contribution in [3.05, 3.63) is 45.5 Å². The third-order valence-corrected chi connectivity index (χ3v) is 7.72. The number of thiocarbonyl (C=S) groups is 1. The summed E-state index contributed by atoms with van der Waals surface area (Å²) in [5.41, 5.74) is 13.7. The number of benzene rings is 1. The lowest BCUT2D eigenvalue weighted by molar-refractivity contribution is -0.119. The number of carbonyl (C=O) groups excluding carboxylic acids is 1. The van der Waals surface area contributed by atoms with E-state index in [1.54, 1.807) is 11.8 Å². The number of allylic oxidation sites excluding steroid dienone is 1. The number of amides is 1. The minimum atomic E-state index is -0.0575. The number of nitrogens with one attached hydrogen (secondary N) is 3. The third-order valence-electron chi connectivity index (χ3n) is 6.55. The largest absolute Gasteiger partial charge is 0.358 e. The molecule has 4 nitrogen and oxygen atoms in total. The predicted octanol–water partition coefficient (Wildman–Crippen LogP) is 3.92. The zero-order valence-corrected chi connectivity index (χ0v) is 19.1. The van der Waals surface area contributed by atoms with Crippen LogP contribution in [0.1, 0.15) is 46.2 Å². The summed E-state index contributed by atoms with van der Waals surface area (Å²) in [6.07, 6.45) is 6.93. The molecule has 1 saturated carbocycles. The van der Waals surface area contributed by atoms with Crippen molar-refractivity contribution in [2.75, 3.05) is 5.75 Å². The molecule has 0 saturated heterocycles. The van der Waals surface area contributed by atoms with Gasteiger partial charge in [-0.05, 0) is 105 Å². The molecule has 0 unspecified atom stereocenters. The van der Waals surface area contributed by atoms with Crippen LogP contribution in [0.4, 0.5) is 0 Å². The highest BCUT2D eigenvalue weighted by Gasteiger charge is 2.35. The topological polar surface area (TPSA) is 53.2 Å². The Labute approximate surface area is 178 Å². The van der Waals surface area contributed by atoms with E-state index in [1.807, 2.05) is 0 Å². The van der Waals surface area contributed by atoms with E-state index in [9.17, 15) is 4.79 Å². The van der Waals surface area contributed by atoms with E-state index in [-0.39, 0.29) is 5.91 Å². The fourth-order valence-electron chi connectivity index (χ4n) is 4.35. The van der Waals surface area contributed by atoms with Gasteiger partial charge in [-0.15, -0.1) is 11.8 Å². The molecular weight excluding hydrogens is 386 g/mol. The molecule has 2 bridgehead atoms. The fourth-order valence-corrected chi connectivity index (χ4v) is 5.55. The highest BCUT2D eigenvalue weighted by atomic mass is 32.2. The number of carbonyl (C=O) groups is 1. The summed E-state index contributed by atoms with van der Waals surface area (Å²) in [6.45, 7) is 10.9. The SMILES string of the molecule is Cc1c(C)c(C)c(CSCC(=O)NNC(=S)N[C@@H]2C[C@@H]3C=C[C@@H]2C3)c(C)c1C. The number of hydrazine groups is 1. The second-order valence-corrected chi connectivity index (χ2v) is 9.52. The Balaban J connectivity index is 1.41. The summed E-state index contributed by atoms with van der Waals surface area (Å²) >= 11 is 6.96. The summed E-state index contributed by atoms with van der Waals surface area (Å²) in [5, 5.41) is 3.83. The van der Waals surface area contributed by atoms with Crippen LogP contribution in [0.2, 0.25) is 0 Å². The monoisotopic (exact) mass is 417 g/mol. The van der Waals surface area contributed by atoms with E-state index < -0.39 is 0 Å². The molecule has 2 aliphatic rings. The van der Waals surface area contributed by atoms with Crippen molar-refractivity contribution in [1.82, 2.24) is 16.2 Å². The van der Waals surface area contributed by atoms with Crippen molar-refractivity contribution in [3.63, 3.8) is 0 Å². The van der Waals surface area contributed by atoms with Crippen LogP contribution in [-0.4, -0.2) is 22.8 Å². The Bertz CT molecular complexity index is 789. The zero-order valence-electron chi connectivity index (χ0n) is 17.4. The second-order valence-electron chi connectivity index (χ2n) is 8.13. The first-order chi connectivity index (χ1) is 13.3. The molecule has 3 rings (SSSR count). The van der Waals surface area contributed by atoms with Gasteiger partial charge in [0.2, 0.25) is 5.91 Å². The molecule has 0 spiro atoms. The average Bonchev–Trinajstić information content (AvgIpc) is 3.29. The van der Waals surface area contributed by atoms with Crippen molar-refractivity contribution in [2.24, 2.45) is 11.8 Å². The van der Waals surface area contributed by atoms with Crippen LogP contribution >= 0.6 is 24.0 Å². The first-order valence-electron chi connectivity index (χ1n) is 9.95. The van der Waals surface area contributed by atoms with Crippen molar-refractivity contribution >= 4 is 35.0 Å². The van der Waals surface area contributed by atoms with Gasteiger partial charge < -0.3 is 5.32 Å². The van der Waals surface area contributed by atoms with Gasteiger partial charge in [0.1, 0.15) is 0 Å². The molecule has 1 aromatic carbocycles. The molecule has 3 N–H and O–H groups in total. The summed E-state index contributed by atoms with van der Waals surface area (Å²) in [4.78, 5) is 12.2. The van der Waals surface area contributed by atoms with Crippen molar-refractivity contribution in [2.45, 2.75) is 59.3 Å². The van der Waals surface area contributed by atoms with Gasteiger partial charge >= 0.3 is 0 Å². The maximum Gasteiger partial charge on any atom is 0.248 e. The molecule has 0 aliphatic heterocycles.